The number of rotatable bonds is 7. The van der Waals surface area contributed by atoms with Crippen molar-refractivity contribution in [3.05, 3.63) is 29.8 Å². The molecule has 0 spiro atoms. The monoisotopic (exact) mass is 210 g/mol. The molecule has 0 aliphatic carbocycles. The van der Waals surface area contributed by atoms with E-state index in [9.17, 15) is 0 Å². The summed E-state index contributed by atoms with van der Waals surface area (Å²) in [4.78, 5) is 0. The van der Waals surface area contributed by atoms with Gasteiger partial charge in [-0.2, -0.15) is 0 Å². The van der Waals surface area contributed by atoms with E-state index < -0.39 is 0 Å². The zero-order valence-electron chi connectivity index (χ0n) is 9.28. The average Bonchev–Trinajstić information content (AvgIpc) is 2.25. The second-order valence-electron chi connectivity index (χ2n) is 3.56. The molecule has 0 aliphatic heterocycles. The second-order valence-corrected chi connectivity index (χ2v) is 3.56. The highest BCUT2D eigenvalue weighted by atomic mass is 16.5. The Balaban J connectivity index is 2.12. The topological polar surface area (TPSA) is 46.1 Å². The highest BCUT2D eigenvalue weighted by Crippen LogP contribution is 2.15. The van der Waals surface area contributed by atoms with E-state index in [1.165, 1.54) is 5.56 Å². The van der Waals surface area contributed by atoms with Crippen LogP contribution in [-0.4, -0.2) is 31.4 Å². The first kappa shape index (κ1) is 12.0. The van der Waals surface area contributed by atoms with Gasteiger partial charge in [0, 0.05) is 6.42 Å². The van der Waals surface area contributed by atoms with Gasteiger partial charge >= 0.3 is 0 Å². The number of quaternary nitrogens is 1. The van der Waals surface area contributed by atoms with Gasteiger partial charge in [-0.1, -0.05) is 18.2 Å². The highest BCUT2D eigenvalue weighted by molar-refractivity contribution is 5.31. The summed E-state index contributed by atoms with van der Waals surface area (Å²) < 4.78 is 5.63. The van der Waals surface area contributed by atoms with Crippen molar-refractivity contribution in [2.75, 3.05) is 26.3 Å². The summed E-state index contributed by atoms with van der Waals surface area (Å²) in [5, 5.41) is 10.7. The first-order valence-corrected chi connectivity index (χ1v) is 5.45. The minimum atomic E-state index is 0.249. The molecule has 0 saturated heterocycles. The van der Waals surface area contributed by atoms with E-state index in [0.29, 0.717) is 0 Å². The number of hydrogen-bond donors (Lipinski definition) is 2. The lowest BCUT2D eigenvalue weighted by Crippen LogP contribution is -2.85. The third kappa shape index (κ3) is 4.81. The molecule has 0 unspecified atom stereocenters. The molecule has 0 atom stereocenters. The SMILES string of the molecule is Cc1ccccc1OCCC[NH2+]CCO. The first-order valence-electron chi connectivity index (χ1n) is 5.45. The molecule has 0 amide bonds. The predicted molar refractivity (Wildman–Crippen MR) is 60.0 cm³/mol. The molecule has 0 radical (unpaired) electrons. The first-order chi connectivity index (χ1) is 7.34. The molecule has 0 bridgehead atoms. The Morgan fingerprint density at radius 2 is 2.07 bits per heavy atom. The molecule has 0 fully saturated rings. The van der Waals surface area contributed by atoms with Gasteiger partial charge in [0.1, 0.15) is 5.75 Å². The lowest BCUT2D eigenvalue weighted by molar-refractivity contribution is -0.656. The maximum Gasteiger partial charge on any atom is 0.122 e. The van der Waals surface area contributed by atoms with Gasteiger partial charge in [-0.25, -0.2) is 0 Å². The number of hydrogen-bond acceptors (Lipinski definition) is 2. The number of aryl methyl sites for hydroxylation is 1. The summed E-state index contributed by atoms with van der Waals surface area (Å²) in [7, 11) is 0. The van der Waals surface area contributed by atoms with Crippen LogP contribution >= 0.6 is 0 Å². The summed E-state index contributed by atoms with van der Waals surface area (Å²) >= 11 is 0. The van der Waals surface area contributed by atoms with Crippen molar-refractivity contribution in [1.29, 1.82) is 0 Å². The minimum Gasteiger partial charge on any atom is -0.493 e. The van der Waals surface area contributed by atoms with Crippen molar-refractivity contribution in [1.82, 2.24) is 0 Å². The van der Waals surface area contributed by atoms with Gasteiger partial charge in [-0.3, -0.25) is 0 Å². The smallest absolute Gasteiger partial charge is 0.122 e. The Morgan fingerprint density at radius 3 is 2.80 bits per heavy atom. The lowest BCUT2D eigenvalue weighted by Gasteiger charge is -2.07. The van der Waals surface area contributed by atoms with Crippen LogP contribution in [0.15, 0.2) is 24.3 Å². The van der Waals surface area contributed by atoms with E-state index in [4.69, 9.17) is 9.84 Å². The molecule has 15 heavy (non-hydrogen) atoms. The van der Waals surface area contributed by atoms with E-state index >= 15 is 0 Å². The van der Waals surface area contributed by atoms with Gasteiger partial charge in [-0.05, 0) is 18.6 Å². The van der Waals surface area contributed by atoms with Crippen LogP contribution < -0.4 is 10.1 Å². The van der Waals surface area contributed by atoms with Crippen LogP contribution in [0, 0.1) is 6.92 Å². The van der Waals surface area contributed by atoms with E-state index in [0.717, 1.165) is 31.9 Å². The standard InChI is InChI=1S/C12H19NO2/c1-11-5-2-3-6-12(11)15-10-4-7-13-8-9-14/h2-3,5-6,13-14H,4,7-10H2,1H3/p+1. The van der Waals surface area contributed by atoms with Crippen LogP contribution in [-0.2, 0) is 0 Å². The molecular formula is C12H20NO2+. The normalized spacial score (nSPS) is 10.3. The molecule has 1 aromatic carbocycles. The zero-order valence-corrected chi connectivity index (χ0v) is 9.28. The van der Waals surface area contributed by atoms with Gasteiger partial charge in [0.25, 0.3) is 0 Å². The van der Waals surface area contributed by atoms with Crippen LogP contribution in [0.4, 0.5) is 0 Å². The van der Waals surface area contributed by atoms with Crippen molar-refractivity contribution >= 4 is 0 Å². The van der Waals surface area contributed by atoms with Gasteiger partial charge in [-0.15, -0.1) is 0 Å². The fourth-order valence-electron chi connectivity index (χ4n) is 1.36. The predicted octanol–water partition coefficient (Wildman–Crippen LogP) is 0.320. The van der Waals surface area contributed by atoms with Crippen molar-refractivity contribution in [2.24, 2.45) is 0 Å². The maximum absolute atomic E-state index is 8.57. The Kier molecular flexibility index (Phi) is 5.81. The number of nitrogens with two attached hydrogens (primary N) is 1. The Hall–Kier alpha value is -1.06. The third-order valence-electron chi connectivity index (χ3n) is 2.24. The Bertz CT molecular complexity index is 276. The Labute approximate surface area is 91.1 Å². The number of ether oxygens (including phenoxy) is 1. The fraction of sp³-hybridized carbons (Fsp3) is 0.500. The molecule has 0 saturated carbocycles. The number of aliphatic hydroxyl groups is 1. The molecule has 1 rings (SSSR count). The van der Waals surface area contributed by atoms with Gasteiger partial charge in [0.15, 0.2) is 0 Å². The average molecular weight is 210 g/mol. The minimum absolute atomic E-state index is 0.249. The molecule has 3 N–H and O–H groups in total. The quantitative estimate of drug-likeness (QED) is 0.637. The molecular weight excluding hydrogens is 190 g/mol. The largest absolute Gasteiger partial charge is 0.493 e. The molecule has 84 valence electrons. The summed E-state index contributed by atoms with van der Waals surface area (Å²) in [5.74, 6) is 0.972. The Morgan fingerprint density at radius 1 is 1.27 bits per heavy atom. The van der Waals surface area contributed by atoms with Crippen molar-refractivity contribution in [3.63, 3.8) is 0 Å². The number of para-hydroxylation sites is 1. The van der Waals surface area contributed by atoms with Crippen LogP contribution in [0.2, 0.25) is 0 Å². The lowest BCUT2D eigenvalue weighted by atomic mass is 10.2. The molecule has 0 heterocycles. The van der Waals surface area contributed by atoms with Gasteiger partial charge in [0.05, 0.1) is 26.3 Å². The van der Waals surface area contributed by atoms with Gasteiger partial charge < -0.3 is 15.2 Å². The van der Waals surface area contributed by atoms with Crippen LogP contribution in [0.25, 0.3) is 0 Å². The third-order valence-corrected chi connectivity index (χ3v) is 2.24. The molecule has 0 aromatic heterocycles. The van der Waals surface area contributed by atoms with Crippen LogP contribution in [0.3, 0.4) is 0 Å². The second kappa shape index (κ2) is 7.26. The maximum atomic E-state index is 8.57. The number of aliphatic hydroxyl groups excluding tert-OH is 1. The van der Waals surface area contributed by atoms with E-state index in [1.54, 1.807) is 0 Å². The van der Waals surface area contributed by atoms with Gasteiger partial charge in [0.2, 0.25) is 0 Å². The highest BCUT2D eigenvalue weighted by Gasteiger charge is 1.97. The van der Waals surface area contributed by atoms with Crippen LogP contribution in [0.1, 0.15) is 12.0 Å². The number of benzene rings is 1. The molecule has 3 nitrogen and oxygen atoms in total. The summed E-state index contributed by atoms with van der Waals surface area (Å²) in [6, 6.07) is 8.04. The van der Waals surface area contributed by atoms with E-state index in [-0.39, 0.29) is 6.61 Å². The summed E-state index contributed by atoms with van der Waals surface area (Å²) in [5.41, 5.74) is 1.18. The molecule has 1 aromatic rings. The van der Waals surface area contributed by atoms with Crippen LogP contribution in [0.5, 0.6) is 5.75 Å². The van der Waals surface area contributed by atoms with Crippen molar-refractivity contribution in [2.45, 2.75) is 13.3 Å². The van der Waals surface area contributed by atoms with E-state index in [2.05, 4.69) is 5.32 Å². The zero-order chi connectivity index (χ0) is 10.9. The van der Waals surface area contributed by atoms with Crippen molar-refractivity contribution < 1.29 is 15.2 Å². The van der Waals surface area contributed by atoms with Crippen molar-refractivity contribution in [3.8, 4) is 5.75 Å². The summed E-state index contributed by atoms with van der Waals surface area (Å²) in [6.45, 7) is 4.83. The molecule has 0 aliphatic rings. The fourth-order valence-corrected chi connectivity index (χ4v) is 1.36. The van der Waals surface area contributed by atoms with E-state index in [1.807, 2.05) is 31.2 Å². The summed E-state index contributed by atoms with van der Waals surface area (Å²) in [6.07, 6.45) is 1.01. The molecule has 3 heteroatoms.